The van der Waals surface area contributed by atoms with Gasteiger partial charge in [0.25, 0.3) is 0 Å². The molecular weight excluding hydrogens is 254 g/mol. The van der Waals surface area contributed by atoms with E-state index in [0.29, 0.717) is 12.4 Å². The summed E-state index contributed by atoms with van der Waals surface area (Å²) in [6, 6.07) is 7.97. The molecule has 0 bridgehead atoms. The van der Waals surface area contributed by atoms with E-state index in [-0.39, 0.29) is 11.6 Å². The molecule has 0 unspecified atom stereocenters. The van der Waals surface area contributed by atoms with Crippen LogP contribution in [0, 0.1) is 0 Å². The van der Waals surface area contributed by atoms with Crippen LogP contribution in [0.25, 0.3) is 11.4 Å². The highest BCUT2D eigenvalue weighted by Gasteiger charge is 2.13. The first kappa shape index (κ1) is 14.2. The molecule has 1 aromatic heterocycles. The van der Waals surface area contributed by atoms with Crippen molar-refractivity contribution in [3.05, 3.63) is 40.3 Å². The van der Waals surface area contributed by atoms with Gasteiger partial charge in [0, 0.05) is 19.2 Å². The number of benzene rings is 1. The number of aryl methyl sites for hydroxylation is 1. The van der Waals surface area contributed by atoms with Crippen molar-refractivity contribution in [1.82, 2.24) is 20.0 Å². The number of nitrogens with one attached hydrogen (secondary N) is 2. The molecule has 0 aliphatic carbocycles. The number of anilines is 1. The van der Waals surface area contributed by atoms with Gasteiger partial charge >= 0.3 is 5.69 Å². The molecule has 0 atom stereocenters. The fourth-order valence-electron chi connectivity index (χ4n) is 2.13. The van der Waals surface area contributed by atoms with Gasteiger partial charge in [0.2, 0.25) is 5.95 Å². The van der Waals surface area contributed by atoms with Crippen LogP contribution < -0.4 is 16.5 Å². The van der Waals surface area contributed by atoms with Crippen molar-refractivity contribution in [3.63, 3.8) is 0 Å². The third-order valence-electron chi connectivity index (χ3n) is 3.09. The van der Waals surface area contributed by atoms with E-state index in [0.717, 1.165) is 17.5 Å². The van der Waals surface area contributed by atoms with Crippen LogP contribution in [0.5, 0.6) is 0 Å². The van der Waals surface area contributed by atoms with Crippen LogP contribution in [0.2, 0.25) is 0 Å². The van der Waals surface area contributed by atoms with Crippen molar-refractivity contribution in [2.75, 3.05) is 12.5 Å². The lowest BCUT2D eigenvalue weighted by Crippen LogP contribution is -2.29. The summed E-state index contributed by atoms with van der Waals surface area (Å²) >= 11 is 0. The Morgan fingerprint density at radius 3 is 2.60 bits per heavy atom. The van der Waals surface area contributed by atoms with Crippen molar-refractivity contribution in [3.8, 4) is 11.4 Å². The minimum absolute atomic E-state index is 0.281. The fraction of sp³-hybridized carbons (Fsp3) is 0.357. The molecule has 0 fully saturated rings. The predicted molar refractivity (Wildman–Crippen MR) is 79.5 cm³/mol. The van der Waals surface area contributed by atoms with E-state index >= 15 is 0 Å². The van der Waals surface area contributed by atoms with Gasteiger partial charge in [0.05, 0.1) is 0 Å². The molecule has 20 heavy (non-hydrogen) atoms. The molecule has 106 valence electrons. The van der Waals surface area contributed by atoms with Gasteiger partial charge in [-0.15, -0.1) is 0 Å². The highest BCUT2D eigenvalue weighted by atomic mass is 16.1. The Kier molecular flexibility index (Phi) is 4.47. The second-order valence-electron chi connectivity index (χ2n) is 4.28. The van der Waals surface area contributed by atoms with E-state index in [4.69, 9.17) is 0 Å². The second kappa shape index (κ2) is 6.29. The van der Waals surface area contributed by atoms with E-state index in [1.165, 1.54) is 0 Å². The van der Waals surface area contributed by atoms with Crippen LogP contribution in [0.15, 0.2) is 29.1 Å². The van der Waals surface area contributed by atoms with Gasteiger partial charge in [0.15, 0.2) is 0 Å². The molecule has 2 rings (SSSR count). The third-order valence-corrected chi connectivity index (χ3v) is 3.09. The molecule has 0 spiro atoms. The minimum atomic E-state index is -0.304. The molecule has 1 heterocycles. The van der Waals surface area contributed by atoms with Crippen LogP contribution >= 0.6 is 0 Å². The summed E-state index contributed by atoms with van der Waals surface area (Å²) in [6.45, 7) is 4.53. The largest absolute Gasteiger partial charge is 0.352 e. The van der Waals surface area contributed by atoms with Crippen LogP contribution in [-0.4, -0.2) is 21.6 Å². The number of rotatable bonds is 5. The molecule has 6 nitrogen and oxygen atoms in total. The molecular formula is C14H19N5O. The topological polar surface area (TPSA) is 71.8 Å². The number of hydrogen-bond acceptors (Lipinski definition) is 5. The van der Waals surface area contributed by atoms with Crippen LogP contribution in [0.1, 0.15) is 19.4 Å². The maximum absolute atomic E-state index is 12.1. The summed E-state index contributed by atoms with van der Waals surface area (Å²) in [5, 5.41) is 0. The second-order valence-corrected chi connectivity index (χ2v) is 4.28. The van der Waals surface area contributed by atoms with Gasteiger partial charge in [0.1, 0.15) is 5.82 Å². The average Bonchev–Trinajstić information content (AvgIpc) is 2.47. The maximum atomic E-state index is 12.1. The summed E-state index contributed by atoms with van der Waals surface area (Å²) in [7, 11) is 1.70. The molecule has 1 aromatic carbocycles. The molecule has 0 saturated heterocycles. The molecule has 0 aliphatic rings. The van der Waals surface area contributed by atoms with Gasteiger partial charge in [-0.25, -0.2) is 10.2 Å². The first-order chi connectivity index (χ1) is 9.71. The molecule has 0 aliphatic heterocycles. The molecule has 0 saturated carbocycles. The molecule has 0 radical (unpaired) electrons. The van der Waals surface area contributed by atoms with Gasteiger partial charge < -0.3 is 0 Å². The van der Waals surface area contributed by atoms with E-state index < -0.39 is 0 Å². The van der Waals surface area contributed by atoms with Gasteiger partial charge in [-0.05, 0) is 18.9 Å². The van der Waals surface area contributed by atoms with Crippen molar-refractivity contribution >= 4 is 5.95 Å². The molecule has 2 N–H and O–H groups in total. The van der Waals surface area contributed by atoms with E-state index in [1.807, 2.05) is 31.2 Å². The Bertz CT molecular complexity index is 650. The fourth-order valence-corrected chi connectivity index (χ4v) is 2.13. The normalized spacial score (nSPS) is 10.6. The van der Waals surface area contributed by atoms with Crippen LogP contribution in [0.4, 0.5) is 5.95 Å². The summed E-state index contributed by atoms with van der Waals surface area (Å²) in [5.41, 5.74) is 7.31. The quantitative estimate of drug-likeness (QED) is 0.806. The lowest BCUT2D eigenvalue weighted by Gasteiger charge is -2.14. The van der Waals surface area contributed by atoms with Crippen molar-refractivity contribution < 1.29 is 0 Å². The van der Waals surface area contributed by atoms with Crippen LogP contribution in [-0.2, 0) is 13.0 Å². The van der Waals surface area contributed by atoms with E-state index in [1.54, 1.807) is 11.6 Å². The molecule has 6 heteroatoms. The van der Waals surface area contributed by atoms with E-state index in [9.17, 15) is 4.79 Å². The summed E-state index contributed by atoms with van der Waals surface area (Å²) in [4.78, 5) is 20.4. The predicted octanol–water partition coefficient (Wildman–Crippen LogP) is 1.43. The smallest absolute Gasteiger partial charge is 0.290 e. The SMILES string of the molecule is CCc1ccccc1-c1nc(NNC)nc(=O)n1CC. The minimum Gasteiger partial charge on any atom is -0.290 e. The van der Waals surface area contributed by atoms with Crippen molar-refractivity contribution in [2.45, 2.75) is 26.8 Å². The Morgan fingerprint density at radius 1 is 1.20 bits per heavy atom. The van der Waals surface area contributed by atoms with Crippen LogP contribution in [0.3, 0.4) is 0 Å². The number of hydrazine groups is 1. The highest BCUT2D eigenvalue weighted by Crippen LogP contribution is 2.22. The van der Waals surface area contributed by atoms with E-state index in [2.05, 4.69) is 27.7 Å². The summed E-state index contributed by atoms with van der Waals surface area (Å²) < 4.78 is 1.58. The van der Waals surface area contributed by atoms with Gasteiger partial charge in [-0.1, -0.05) is 31.2 Å². The lowest BCUT2D eigenvalue weighted by atomic mass is 10.0. The Hall–Kier alpha value is -2.21. The zero-order chi connectivity index (χ0) is 14.5. The number of nitrogens with zero attached hydrogens (tertiary/aromatic N) is 3. The monoisotopic (exact) mass is 273 g/mol. The van der Waals surface area contributed by atoms with Gasteiger partial charge in [-0.2, -0.15) is 9.97 Å². The van der Waals surface area contributed by atoms with Gasteiger partial charge in [-0.3, -0.25) is 9.99 Å². The zero-order valence-electron chi connectivity index (χ0n) is 12.0. The van der Waals surface area contributed by atoms with Crippen molar-refractivity contribution in [1.29, 1.82) is 0 Å². The Morgan fingerprint density at radius 2 is 1.95 bits per heavy atom. The standard InChI is InChI=1S/C14H19N5O/c1-4-10-8-6-7-9-11(10)12-16-13(18-15-3)17-14(20)19(12)5-2/h6-9,15H,4-5H2,1-3H3,(H,17,18,20). The molecule has 2 aromatic rings. The summed E-state index contributed by atoms with van der Waals surface area (Å²) in [6.07, 6.45) is 0.882. The summed E-state index contributed by atoms with van der Waals surface area (Å²) in [5.74, 6) is 0.922. The van der Waals surface area contributed by atoms with Crippen molar-refractivity contribution in [2.24, 2.45) is 0 Å². The number of aromatic nitrogens is 3. The molecule has 0 amide bonds. The Balaban J connectivity index is 2.67. The highest BCUT2D eigenvalue weighted by molar-refractivity contribution is 5.61. The maximum Gasteiger partial charge on any atom is 0.352 e. The Labute approximate surface area is 117 Å². The average molecular weight is 273 g/mol. The number of hydrogen-bond donors (Lipinski definition) is 2. The first-order valence-electron chi connectivity index (χ1n) is 6.71. The zero-order valence-corrected chi connectivity index (χ0v) is 12.0. The lowest BCUT2D eigenvalue weighted by molar-refractivity contribution is 0.683. The first-order valence-corrected chi connectivity index (χ1v) is 6.71. The third kappa shape index (κ3) is 2.70.